The number of rotatable bonds is 1. The van der Waals surface area contributed by atoms with Crippen molar-refractivity contribution in [2.45, 2.75) is 24.6 Å². The zero-order chi connectivity index (χ0) is 7.90. The van der Waals surface area contributed by atoms with Crippen LogP contribution in [-0.2, 0) is 4.87 Å². The second-order valence-electron chi connectivity index (χ2n) is 3.33. The molecule has 0 radical (unpaired) electrons. The van der Waals surface area contributed by atoms with Gasteiger partial charge in [-0.1, -0.05) is 29.8 Å². The molecule has 0 aromatic heterocycles. The summed E-state index contributed by atoms with van der Waals surface area (Å²) in [6.07, 6.45) is 2.27. The molecule has 0 spiro atoms. The molecule has 0 nitrogen and oxygen atoms in total. The van der Waals surface area contributed by atoms with Crippen molar-refractivity contribution in [3.8, 4) is 0 Å². The van der Waals surface area contributed by atoms with E-state index in [1.54, 1.807) is 0 Å². The van der Waals surface area contributed by atoms with Crippen LogP contribution in [-0.4, -0.2) is 0 Å². The van der Waals surface area contributed by atoms with E-state index in [0.717, 1.165) is 12.8 Å². The molecule has 0 heterocycles. The summed E-state index contributed by atoms with van der Waals surface area (Å²) in [4.78, 5) is 0.00597. The number of hydrogen-bond acceptors (Lipinski definition) is 0. The second kappa shape index (κ2) is 2.25. The minimum Gasteiger partial charge on any atom is -0.114 e. The lowest BCUT2D eigenvalue weighted by Crippen LogP contribution is -1.95. The smallest absolute Gasteiger partial charge is 0.0696 e. The van der Waals surface area contributed by atoms with Gasteiger partial charge in [0.2, 0.25) is 0 Å². The summed E-state index contributed by atoms with van der Waals surface area (Å²) in [7, 11) is 0. The fourth-order valence-electron chi connectivity index (χ4n) is 1.32. The molecule has 0 unspecified atom stereocenters. The van der Waals surface area contributed by atoms with E-state index in [-0.39, 0.29) is 4.87 Å². The Bertz CT molecular complexity index is 274. The van der Waals surface area contributed by atoms with Crippen LogP contribution in [0.1, 0.15) is 24.0 Å². The topological polar surface area (TPSA) is 0 Å². The van der Waals surface area contributed by atoms with Crippen LogP contribution in [0.5, 0.6) is 0 Å². The first-order chi connectivity index (χ1) is 5.21. The minimum atomic E-state index is 0.00597. The third kappa shape index (κ3) is 1.28. The molecule has 0 amide bonds. The predicted octanol–water partition coefficient (Wildman–Crippen LogP) is 3.22. The molecule has 1 heteroatoms. The summed E-state index contributed by atoms with van der Waals surface area (Å²) < 4.78 is 0. The van der Waals surface area contributed by atoms with E-state index in [2.05, 4.69) is 31.2 Å². The lowest BCUT2D eigenvalue weighted by atomic mass is 10.1. The summed E-state index contributed by atoms with van der Waals surface area (Å²) in [5.74, 6) is 0. The third-order valence-corrected chi connectivity index (χ3v) is 2.82. The van der Waals surface area contributed by atoms with Gasteiger partial charge in [-0.2, -0.15) is 0 Å². The largest absolute Gasteiger partial charge is 0.114 e. The molecule has 11 heavy (non-hydrogen) atoms. The molecule has 0 aliphatic heterocycles. The fraction of sp³-hybridized carbons (Fsp3) is 0.400. The standard InChI is InChI=1S/C10H11Cl/c1-8-3-2-4-9(7-8)10(11)5-6-10/h2-4,7H,5-6H2,1H3. The van der Waals surface area contributed by atoms with E-state index in [4.69, 9.17) is 11.6 Å². The van der Waals surface area contributed by atoms with Crippen molar-refractivity contribution in [2.75, 3.05) is 0 Å². The highest BCUT2D eigenvalue weighted by Gasteiger charge is 2.41. The maximum atomic E-state index is 6.24. The van der Waals surface area contributed by atoms with Crippen LogP contribution in [0.4, 0.5) is 0 Å². The Balaban J connectivity index is 2.38. The highest BCUT2D eigenvalue weighted by Crippen LogP contribution is 2.51. The normalized spacial score (nSPS) is 19.8. The molecule has 1 aliphatic rings. The quantitative estimate of drug-likeness (QED) is 0.562. The molecule has 0 N–H and O–H groups in total. The maximum absolute atomic E-state index is 6.24. The number of halogens is 1. The van der Waals surface area contributed by atoms with Crippen molar-refractivity contribution in [1.82, 2.24) is 0 Å². The van der Waals surface area contributed by atoms with E-state index < -0.39 is 0 Å². The van der Waals surface area contributed by atoms with Gasteiger partial charge in [0.25, 0.3) is 0 Å². The molecule has 1 aromatic rings. The van der Waals surface area contributed by atoms with E-state index in [1.165, 1.54) is 11.1 Å². The molecular formula is C10H11Cl. The van der Waals surface area contributed by atoms with E-state index in [9.17, 15) is 0 Å². The zero-order valence-corrected chi connectivity index (χ0v) is 7.36. The summed E-state index contributed by atoms with van der Waals surface area (Å²) in [6, 6.07) is 8.48. The fourth-order valence-corrected chi connectivity index (χ4v) is 1.53. The molecule has 1 saturated carbocycles. The second-order valence-corrected chi connectivity index (χ2v) is 4.06. The monoisotopic (exact) mass is 166 g/mol. The van der Waals surface area contributed by atoms with Crippen LogP contribution < -0.4 is 0 Å². The molecule has 58 valence electrons. The molecule has 1 aromatic carbocycles. The lowest BCUT2D eigenvalue weighted by molar-refractivity contribution is 1.01. The first-order valence-electron chi connectivity index (χ1n) is 3.97. The van der Waals surface area contributed by atoms with Gasteiger partial charge in [-0.15, -0.1) is 11.6 Å². The van der Waals surface area contributed by atoms with Crippen LogP contribution in [0.2, 0.25) is 0 Å². The molecule has 1 fully saturated rings. The van der Waals surface area contributed by atoms with Gasteiger partial charge in [-0.05, 0) is 25.3 Å². The summed E-state index contributed by atoms with van der Waals surface area (Å²) >= 11 is 6.24. The molecule has 0 bridgehead atoms. The summed E-state index contributed by atoms with van der Waals surface area (Å²) in [6.45, 7) is 2.10. The van der Waals surface area contributed by atoms with Crippen LogP contribution in [0.3, 0.4) is 0 Å². The highest BCUT2D eigenvalue weighted by molar-refractivity contribution is 6.25. The van der Waals surface area contributed by atoms with Crippen molar-refractivity contribution in [3.05, 3.63) is 35.4 Å². The Morgan fingerprint density at radius 2 is 2.09 bits per heavy atom. The number of hydrogen-bond donors (Lipinski definition) is 0. The Morgan fingerprint density at radius 3 is 2.64 bits per heavy atom. The van der Waals surface area contributed by atoms with Crippen molar-refractivity contribution in [3.63, 3.8) is 0 Å². The van der Waals surface area contributed by atoms with Crippen LogP contribution in [0, 0.1) is 6.92 Å². The average molecular weight is 167 g/mol. The molecule has 0 atom stereocenters. The van der Waals surface area contributed by atoms with Crippen molar-refractivity contribution >= 4 is 11.6 Å². The third-order valence-electron chi connectivity index (χ3n) is 2.22. The highest BCUT2D eigenvalue weighted by atomic mass is 35.5. The van der Waals surface area contributed by atoms with E-state index in [0.29, 0.717) is 0 Å². The Kier molecular flexibility index (Phi) is 1.47. The van der Waals surface area contributed by atoms with Gasteiger partial charge in [0.05, 0.1) is 4.87 Å². The van der Waals surface area contributed by atoms with Gasteiger partial charge in [0.1, 0.15) is 0 Å². The van der Waals surface area contributed by atoms with Gasteiger partial charge in [-0.3, -0.25) is 0 Å². The summed E-state index contributed by atoms with van der Waals surface area (Å²) in [5.41, 5.74) is 2.59. The van der Waals surface area contributed by atoms with Crippen LogP contribution in [0.25, 0.3) is 0 Å². The zero-order valence-electron chi connectivity index (χ0n) is 6.60. The number of alkyl halides is 1. The molecular weight excluding hydrogens is 156 g/mol. The van der Waals surface area contributed by atoms with Crippen molar-refractivity contribution in [2.24, 2.45) is 0 Å². The van der Waals surface area contributed by atoms with E-state index in [1.807, 2.05) is 0 Å². The molecule has 1 aliphatic carbocycles. The van der Waals surface area contributed by atoms with Crippen molar-refractivity contribution in [1.29, 1.82) is 0 Å². The predicted molar refractivity (Wildman–Crippen MR) is 47.9 cm³/mol. The maximum Gasteiger partial charge on any atom is 0.0696 e. The average Bonchev–Trinajstić information content (AvgIpc) is 2.70. The number of benzene rings is 1. The Labute approximate surface area is 72.2 Å². The summed E-state index contributed by atoms with van der Waals surface area (Å²) in [5, 5.41) is 0. The first-order valence-corrected chi connectivity index (χ1v) is 4.35. The lowest BCUT2D eigenvalue weighted by Gasteiger charge is -2.06. The Morgan fingerprint density at radius 1 is 1.36 bits per heavy atom. The van der Waals surface area contributed by atoms with Gasteiger partial charge in [-0.25, -0.2) is 0 Å². The van der Waals surface area contributed by atoms with Crippen LogP contribution in [0.15, 0.2) is 24.3 Å². The van der Waals surface area contributed by atoms with Gasteiger partial charge in [0.15, 0.2) is 0 Å². The van der Waals surface area contributed by atoms with Gasteiger partial charge >= 0.3 is 0 Å². The van der Waals surface area contributed by atoms with Gasteiger partial charge in [0, 0.05) is 0 Å². The minimum absolute atomic E-state index is 0.00597. The Hall–Kier alpha value is -0.490. The van der Waals surface area contributed by atoms with Gasteiger partial charge < -0.3 is 0 Å². The number of aryl methyl sites for hydroxylation is 1. The molecule has 2 rings (SSSR count). The van der Waals surface area contributed by atoms with Crippen LogP contribution >= 0.6 is 11.6 Å². The SMILES string of the molecule is Cc1cccc(C2(Cl)CC2)c1. The first kappa shape index (κ1) is 7.17. The van der Waals surface area contributed by atoms with Crippen molar-refractivity contribution < 1.29 is 0 Å². The molecule has 0 saturated heterocycles. The van der Waals surface area contributed by atoms with E-state index >= 15 is 0 Å².